The molecule has 0 saturated heterocycles. The van der Waals surface area contributed by atoms with Gasteiger partial charge in [0.2, 0.25) is 0 Å². The van der Waals surface area contributed by atoms with Gasteiger partial charge < -0.3 is 11.1 Å². The van der Waals surface area contributed by atoms with Gasteiger partial charge in [0, 0.05) is 23.1 Å². The van der Waals surface area contributed by atoms with E-state index in [1.165, 1.54) is 37.7 Å². The molecule has 0 heterocycles. The molecule has 0 bridgehead atoms. The number of rotatable bonds is 4. The molecule has 1 atom stereocenters. The molecule has 0 amide bonds. The van der Waals surface area contributed by atoms with Crippen molar-refractivity contribution in [2.45, 2.75) is 44.2 Å². The van der Waals surface area contributed by atoms with Gasteiger partial charge in [0.25, 0.3) is 0 Å². The van der Waals surface area contributed by atoms with Crippen LogP contribution in [0.15, 0.2) is 28.7 Å². The SMILES string of the molecule is NCC(NC1CCCCC1)c1ccc(Br)cc1. The molecule has 3 N–H and O–H groups in total. The molecule has 1 fully saturated rings. The van der Waals surface area contributed by atoms with Gasteiger partial charge in [-0.25, -0.2) is 0 Å². The lowest BCUT2D eigenvalue weighted by atomic mass is 9.94. The van der Waals surface area contributed by atoms with E-state index in [1.807, 2.05) is 0 Å². The molecule has 1 aliphatic rings. The lowest BCUT2D eigenvalue weighted by Crippen LogP contribution is -2.37. The molecule has 2 rings (SSSR count). The average Bonchev–Trinajstić information content (AvgIpc) is 2.38. The molecule has 0 radical (unpaired) electrons. The fourth-order valence-corrected chi connectivity index (χ4v) is 2.81. The third-order valence-electron chi connectivity index (χ3n) is 3.55. The summed E-state index contributed by atoms with van der Waals surface area (Å²) >= 11 is 3.46. The van der Waals surface area contributed by atoms with E-state index in [0.29, 0.717) is 18.6 Å². The molecule has 94 valence electrons. The highest BCUT2D eigenvalue weighted by Gasteiger charge is 2.17. The van der Waals surface area contributed by atoms with Gasteiger partial charge in [0.1, 0.15) is 0 Å². The van der Waals surface area contributed by atoms with Crippen molar-refractivity contribution in [3.63, 3.8) is 0 Å². The van der Waals surface area contributed by atoms with E-state index in [2.05, 4.69) is 45.5 Å². The van der Waals surface area contributed by atoms with E-state index in [-0.39, 0.29) is 0 Å². The van der Waals surface area contributed by atoms with E-state index in [9.17, 15) is 0 Å². The van der Waals surface area contributed by atoms with Gasteiger partial charge in [-0.3, -0.25) is 0 Å². The van der Waals surface area contributed by atoms with Crippen LogP contribution in [0.25, 0.3) is 0 Å². The Morgan fingerprint density at radius 2 is 1.82 bits per heavy atom. The first-order chi connectivity index (χ1) is 8.29. The monoisotopic (exact) mass is 296 g/mol. The molecule has 0 spiro atoms. The topological polar surface area (TPSA) is 38.0 Å². The quantitative estimate of drug-likeness (QED) is 0.894. The molecule has 3 heteroatoms. The van der Waals surface area contributed by atoms with Crippen LogP contribution >= 0.6 is 15.9 Å². The van der Waals surface area contributed by atoms with E-state index in [4.69, 9.17) is 5.73 Å². The van der Waals surface area contributed by atoms with Crippen molar-refractivity contribution >= 4 is 15.9 Å². The minimum Gasteiger partial charge on any atom is -0.329 e. The molecule has 1 aromatic rings. The van der Waals surface area contributed by atoms with Gasteiger partial charge in [-0.15, -0.1) is 0 Å². The first kappa shape index (κ1) is 13.1. The zero-order chi connectivity index (χ0) is 12.1. The zero-order valence-corrected chi connectivity index (χ0v) is 11.7. The zero-order valence-electron chi connectivity index (χ0n) is 10.2. The number of hydrogen-bond donors (Lipinski definition) is 2. The molecule has 1 aliphatic carbocycles. The molecule has 17 heavy (non-hydrogen) atoms. The Morgan fingerprint density at radius 3 is 2.41 bits per heavy atom. The first-order valence-electron chi connectivity index (χ1n) is 6.51. The van der Waals surface area contributed by atoms with Crippen LogP contribution in [0.2, 0.25) is 0 Å². The third kappa shape index (κ3) is 3.80. The lowest BCUT2D eigenvalue weighted by molar-refractivity contribution is 0.340. The van der Waals surface area contributed by atoms with Gasteiger partial charge in [-0.1, -0.05) is 47.3 Å². The largest absolute Gasteiger partial charge is 0.329 e. The van der Waals surface area contributed by atoms with Gasteiger partial charge in [0.05, 0.1) is 0 Å². The van der Waals surface area contributed by atoms with Crippen molar-refractivity contribution < 1.29 is 0 Å². The summed E-state index contributed by atoms with van der Waals surface area (Å²) in [6.07, 6.45) is 6.70. The summed E-state index contributed by atoms with van der Waals surface area (Å²) in [6.45, 7) is 0.665. The minimum atomic E-state index is 0.297. The van der Waals surface area contributed by atoms with Crippen molar-refractivity contribution in [3.05, 3.63) is 34.3 Å². The van der Waals surface area contributed by atoms with Gasteiger partial charge in [0.15, 0.2) is 0 Å². The molecular formula is C14H21BrN2. The maximum Gasteiger partial charge on any atom is 0.0446 e. The Hall–Kier alpha value is -0.380. The molecule has 1 saturated carbocycles. The summed E-state index contributed by atoms with van der Waals surface area (Å²) in [5.74, 6) is 0. The maximum atomic E-state index is 5.89. The van der Waals surface area contributed by atoms with Crippen LogP contribution in [-0.2, 0) is 0 Å². The van der Waals surface area contributed by atoms with E-state index in [0.717, 1.165) is 4.47 Å². The number of nitrogens with one attached hydrogen (secondary N) is 1. The van der Waals surface area contributed by atoms with Gasteiger partial charge in [-0.2, -0.15) is 0 Å². The van der Waals surface area contributed by atoms with Crippen LogP contribution in [0.5, 0.6) is 0 Å². The van der Waals surface area contributed by atoms with Crippen molar-refractivity contribution in [2.24, 2.45) is 5.73 Å². The highest BCUT2D eigenvalue weighted by atomic mass is 79.9. The summed E-state index contributed by atoms with van der Waals surface area (Å²) in [5, 5.41) is 3.70. The Balaban J connectivity index is 1.97. The summed E-state index contributed by atoms with van der Waals surface area (Å²) < 4.78 is 1.12. The minimum absolute atomic E-state index is 0.297. The highest BCUT2D eigenvalue weighted by molar-refractivity contribution is 9.10. The number of nitrogens with two attached hydrogens (primary N) is 1. The average molecular weight is 297 g/mol. The molecular weight excluding hydrogens is 276 g/mol. The van der Waals surface area contributed by atoms with Gasteiger partial charge in [-0.05, 0) is 30.5 Å². The van der Waals surface area contributed by atoms with Crippen LogP contribution < -0.4 is 11.1 Å². The fraction of sp³-hybridized carbons (Fsp3) is 0.571. The summed E-state index contributed by atoms with van der Waals surface area (Å²) in [4.78, 5) is 0. The highest BCUT2D eigenvalue weighted by Crippen LogP contribution is 2.22. The predicted molar refractivity (Wildman–Crippen MR) is 75.9 cm³/mol. The second-order valence-corrected chi connectivity index (χ2v) is 5.76. The molecule has 1 aromatic carbocycles. The van der Waals surface area contributed by atoms with E-state index in [1.54, 1.807) is 0 Å². The smallest absolute Gasteiger partial charge is 0.0446 e. The Kier molecular flexibility index (Phi) is 5.01. The van der Waals surface area contributed by atoms with Crippen molar-refractivity contribution in [2.75, 3.05) is 6.54 Å². The number of hydrogen-bond acceptors (Lipinski definition) is 2. The Morgan fingerprint density at radius 1 is 1.18 bits per heavy atom. The fourth-order valence-electron chi connectivity index (χ4n) is 2.55. The van der Waals surface area contributed by atoms with E-state index < -0.39 is 0 Å². The van der Waals surface area contributed by atoms with E-state index >= 15 is 0 Å². The Bertz CT molecular complexity index is 331. The molecule has 0 aromatic heterocycles. The second kappa shape index (κ2) is 6.53. The standard InChI is InChI=1S/C14H21BrN2/c15-12-8-6-11(7-9-12)14(10-16)17-13-4-2-1-3-5-13/h6-9,13-14,17H,1-5,10,16H2. The predicted octanol–water partition coefficient (Wildman–Crippen LogP) is 3.37. The number of halogens is 1. The van der Waals surface area contributed by atoms with Crippen molar-refractivity contribution in [3.8, 4) is 0 Å². The van der Waals surface area contributed by atoms with Crippen molar-refractivity contribution in [1.82, 2.24) is 5.32 Å². The Labute approximate surface area is 112 Å². The summed E-state index contributed by atoms with van der Waals surface area (Å²) in [5.41, 5.74) is 7.18. The third-order valence-corrected chi connectivity index (χ3v) is 4.08. The number of benzene rings is 1. The van der Waals surface area contributed by atoms with Crippen LogP contribution in [0, 0.1) is 0 Å². The maximum absolute atomic E-state index is 5.89. The van der Waals surface area contributed by atoms with Crippen LogP contribution in [0.4, 0.5) is 0 Å². The van der Waals surface area contributed by atoms with Crippen LogP contribution in [0.3, 0.4) is 0 Å². The first-order valence-corrected chi connectivity index (χ1v) is 7.30. The molecule has 0 aliphatic heterocycles. The van der Waals surface area contributed by atoms with Crippen LogP contribution in [0.1, 0.15) is 43.7 Å². The second-order valence-electron chi connectivity index (χ2n) is 4.84. The van der Waals surface area contributed by atoms with Crippen LogP contribution in [-0.4, -0.2) is 12.6 Å². The molecule has 1 unspecified atom stereocenters. The lowest BCUT2D eigenvalue weighted by Gasteiger charge is -2.28. The van der Waals surface area contributed by atoms with Crippen molar-refractivity contribution in [1.29, 1.82) is 0 Å². The molecule has 2 nitrogen and oxygen atoms in total. The normalized spacial score (nSPS) is 19.2. The summed E-state index contributed by atoms with van der Waals surface area (Å²) in [7, 11) is 0. The van der Waals surface area contributed by atoms with Gasteiger partial charge >= 0.3 is 0 Å². The summed E-state index contributed by atoms with van der Waals surface area (Å²) in [6, 6.07) is 9.42.